The summed E-state index contributed by atoms with van der Waals surface area (Å²) in [4.78, 5) is 26.0. The summed E-state index contributed by atoms with van der Waals surface area (Å²) in [7, 11) is 0. The Kier molecular flexibility index (Phi) is 7.02. The average Bonchev–Trinajstić information content (AvgIpc) is 3.03. The highest BCUT2D eigenvalue weighted by Gasteiger charge is 2.33. The zero-order valence-corrected chi connectivity index (χ0v) is 17.0. The van der Waals surface area contributed by atoms with Crippen molar-refractivity contribution in [2.24, 2.45) is 5.92 Å². The molecule has 1 atom stereocenters. The van der Waals surface area contributed by atoms with E-state index >= 15 is 0 Å². The minimum absolute atomic E-state index is 0.00954. The van der Waals surface area contributed by atoms with Crippen LogP contribution in [0.5, 0.6) is 5.75 Å². The number of amides is 2. The fraction of sp³-hybridized carbons (Fsp3) is 0.556. The highest BCUT2D eigenvalue weighted by atomic mass is 79.9. The molecule has 1 aromatic rings. The summed E-state index contributed by atoms with van der Waals surface area (Å²) in [6, 6.07) is 4.61. The van der Waals surface area contributed by atoms with Crippen molar-refractivity contribution in [2.45, 2.75) is 45.9 Å². The lowest BCUT2D eigenvalue weighted by molar-refractivity contribution is -0.124. The van der Waals surface area contributed by atoms with Gasteiger partial charge >= 0.3 is 12.7 Å². The van der Waals surface area contributed by atoms with E-state index < -0.39 is 18.3 Å². The molecule has 0 bridgehead atoms. The molecule has 2 amide bonds. The molecule has 150 valence electrons. The first kappa shape index (κ1) is 21.4. The second kappa shape index (κ2) is 8.86. The van der Waals surface area contributed by atoms with Gasteiger partial charge in [-0.1, -0.05) is 15.9 Å². The molecule has 1 aromatic carbocycles. The summed E-state index contributed by atoms with van der Waals surface area (Å²) < 4.78 is 35.5. The number of hydrogen-bond acceptors (Lipinski definition) is 4. The van der Waals surface area contributed by atoms with E-state index in [0.717, 1.165) is 0 Å². The number of rotatable bonds is 5. The van der Waals surface area contributed by atoms with Gasteiger partial charge in [0.1, 0.15) is 11.4 Å². The molecule has 2 rings (SSSR count). The second-order valence-corrected chi connectivity index (χ2v) is 8.18. The highest BCUT2D eigenvalue weighted by Crippen LogP contribution is 2.25. The van der Waals surface area contributed by atoms with Crippen molar-refractivity contribution in [3.8, 4) is 5.75 Å². The van der Waals surface area contributed by atoms with E-state index in [2.05, 4.69) is 26.0 Å². The average molecular weight is 449 g/mol. The lowest BCUT2D eigenvalue weighted by atomic mass is 10.1. The predicted octanol–water partition coefficient (Wildman–Crippen LogP) is 3.92. The van der Waals surface area contributed by atoms with Crippen LogP contribution in [0.4, 0.5) is 13.6 Å². The topological polar surface area (TPSA) is 67.9 Å². The van der Waals surface area contributed by atoms with Gasteiger partial charge < -0.3 is 19.7 Å². The number of carbonyl (C=O) groups excluding carboxylic acids is 2. The van der Waals surface area contributed by atoms with Crippen molar-refractivity contribution >= 4 is 27.9 Å². The van der Waals surface area contributed by atoms with Gasteiger partial charge in [-0.15, -0.1) is 0 Å². The Hall–Kier alpha value is -1.90. The summed E-state index contributed by atoms with van der Waals surface area (Å²) in [5.74, 6) is -0.608. The normalized spacial score (nSPS) is 17.1. The summed E-state index contributed by atoms with van der Waals surface area (Å²) >= 11 is 3.27. The number of halogens is 3. The van der Waals surface area contributed by atoms with Crippen molar-refractivity contribution in [2.75, 3.05) is 13.1 Å². The highest BCUT2D eigenvalue weighted by molar-refractivity contribution is 9.10. The van der Waals surface area contributed by atoms with Gasteiger partial charge in [0, 0.05) is 29.7 Å². The van der Waals surface area contributed by atoms with Crippen LogP contribution in [0.15, 0.2) is 22.7 Å². The Morgan fingerprint density at radius 3 is 2.70 bits per heavy atom. The first-order chi connectivity index (χ1) is 12.5. The van der Waals surface area contributed by atoms with Gasteiger partial charge in [-0.3, -0.25) is 4.79 Å². The summed E-state index contributed by atoms with van der Waals surface area (Å²) in [5, 5.41) is 2.73. The molecule has 6 nitrogen and oxygen atoms in total. The number of hydrogen-bond donors (Lipinski definition) is 1. The largest absolute Gasteiger partial charge is 0.444 e. The minimum atomic E-state index is -2.95. The zero-order valence-electron chi connectivity index (χ0n) is 15.4. The van der Waals surface area contributed by atoms with Crippen molar-refractivity contribution < 1.29 is 27.8 Å². The number of nitrogens with zero attached hydrogens (tertiary/aromatic N) is 1. The van der Waals surface area contributed by atoms with Crippen LogP contribution in [0.1, 0.15) is 32.8 Å². The number of carbonyl (C=O) groups is 2. The molecule has 1 N–H and O–H groups in total. The van der Waals surface area contributed by atoms with Crippen molar-refractivity contribution in [3.05, 3.63) is 28.2 Å². The maximum absolute atomic E-state index is 12.5. The van der Waals surface area contributed by atoms with Crippen LogP contribution >= 0.6 is 15.9 Å². The van der Waals surface area contributed by atoms with Crippen molar-refractivity contribution in [1.29, 1.82) is 0 Å². The van der Waals surface area contributed by atoms with Crippen LogP contribution in [0, 0.1) is 5.92 Å². The number of alkyl halides is 2. The first-order valence-corrected chi connectivity index (χ1v) is 9.33. The molecule has 0 spiro atoms. The molecule has 1 saturated heterocycles. The van der Waals surface area contributed by atoms with E-state index in [-0.39, 0.29) is 30.7 Å². The summed E-state index contributed by atoms with van der Waals surface area (Å²) in [5.41, 5.74) is -0.167. The van der Waals surface area contributed by atoms with E-state index in [4.69, 9.17) is 4.74 Å². The predicted molar refractivity (Wildman–Crippen MR) is 98.5 cm³/mol. The van der Waals surface area contributed by atoms with Crippen molar-refractivity contribution in [1.82, 2.24) is 10.2 Å². The van der Waals surface area contributed by atoms with E-state index in [1.54, 1.807) is 32.9 Å². The quantitative estimate of drug-likeness (QED) is 0.740. The van der Waals surface area contributed by atoms with Crippen LogP contribution < -0.4 is 10.1 Å². The molecule has 1 aliphatic heterocycles. The smallest absolute Gasteiger partial charge is 0.410 e. The van der Waals surface area contributed by atoms with Gasteiger partial charge in [0.15, 0.2) is 0 Å². The summed E-state index contributed by atoms with van der Waals surface area (Å²) in [6.45, 7) is 3.14. The molecule has 1 fully saturated rings. The third kappa shape index (κ3) is 6.64. The van der Waals surface area contributed by atoms with Gasteiger partial charge in [0.2, 0.25) is 5.91 Å². The molecular weight excluding hydrogens is 426 g/mol. The molecular formula is C18H23BrF2N2O4. The van der Waals surface area contributed by atoms with E-state index in [9.17, 15) is 18.4 Å². The molecule has 27 heavy (non-hydrogen) atoms. The van der Waals surface area contributed by atoms with Gasteiger partial charge in [-0.2, -0.15) is 8.78 Å². The number of nitrogens with one attached hydrogen (secondary N) is 1. The Balaban J connectivity index is 1.92. The van der Waals surface area contributed by atoms with E-state index in [1.165, 1.54) is 11.0 Å². The Labute approximate surface area is 165 Å². The lowest BCUT2D eigenvalue weighted by Crippen LogP contribution is -2.37. The van der Waals surface area contributed by atoms with Crippen LogP contribution in [0.25, 0.3) is 0 Å². The van der Waals surface area contributed by atoms with Gasteiger partial charge in [0.05, 0.1) is 5.92 Å². The Bertz CT molecular complexity index is 694. The van der Waals surface area contributed by atoms with Gasteiger partial charge in [-0.25, -0.2) is 4.79 Å². The molecule has 1 aliphatic rings. The molecule has 1 unspecified atom stereocenters. The monoisotopic (exact) mass is 448 g/mol. The third-order valence-corrected chi connectivity index (χ3v) is 4.40. The summed E-state index contributed by atoms with van der Waals surface area (Å²) in [6.07, 6.45) is 0.0710. The first-order valence-electron chi connectivity index (χ1n) is 8.54. The second-order valence-electron chi connectivity index (χ2n) is 7.26. The number of ether oxygens (including phenoxy) is 2. The van der Waals surface area contributed by atoms with Crippen LogP contribution in [-0.2, 0) is 16.1 Å². The lowest BCUT2D eigenvalue weighted by Gasteiger charge is -2.24. The maximum Gasteiger partial charge on any atom is 0.410 e. The number of likely N-dealkylation sites (tertiary alicyclic amines) is 1. The SMILES string of the molecule is CC(C)(C)OC(=O)N1CCC(C(=O)NCc2cc(Br)ccc2OC(F)F)C1. The molecule has 0 saturated carbocycles. The fourth-order valence-corrected chi connectivity index (χ4v) is 3.10. The molecule has 0 radical (unpaired) electrons. The molecule has 0 aliphatic carbocycles. The third-order valence-electron chi connectivity index (χ3n) is 3.90. The van der Waals surface area contributed by atoms with Gasteiger partial charge in [-0.05, 0) is 45.4 Å². The van der Waals surface area contributed by atoms with Crippen LogP contribution in [-0.4, -0.2) is 42.2 Å². The Morgan fingerprint density at radius 1 is 1.37 bits per heavy atom. The standard InChI is InChI=1S/C18H23BrF2N2O4/c1-18(2,3)27-17(25)23-7-6-11(10-23)15(24)22-9-12-8-13(19)4-5-14(12)26-16(20)21/h4-5,8,11,16H,6-7,9-10H2,1-3H3,(H,22,24). The van der Waals surface area contributed by atoms with E-state index in [1.807, 2.05) is 0 Å². The Morgan fingerprint density at radius 2 is 2.07 bits per heavy atom. The van der Waals surface area contributed by atoms with Crippen LogP contribution in [0.3, 0.4) is 0 Å². The fourth-order valence-electron chi connectivity index (χ4n) is 2.69. The van der Waals surface area contributed by atoms with Crippen LogP contribution in [0.2, 0.25) is 0 Å². The van der Waals surface area contributed by atoms with E-state index in [0.29, 0.717) is 23.0 Å². The van der Waals surface area contributed by atoms with Crippen molar-refractivity contribution in [3.63, 3.8) is 0 Å². The molecule has 9 heteroatoms. The minimum Gasteiger partial charge on any atom is -0.444 e. The zero-order chi connectivity index (χ0) is 20.2. The maximum atomic E-state index is 12.5. The number of benzene rings is 1. The molecule has 1 heterocycles. The molecule has 0 aromatic heterocycles. The van der Waals surface area contributed by atoms with Gasteiger partial charge in [0.25, 0.3) is 0 Å².